The largest absolute Gasteiger partial charge is 0.460 e. The van der Waals surface area contributed by atoms with Gasteiger partial charge in [0.05, 0.1) is 6.10 Å². The minimum absolute atomic E-state index is 1.82. The van der Waals surface area contributed by atoms with Crippen molar-refractivity contribution in [2.45, 2.75) is 85.1 Å². The van der Waals surface area contributed by atoms with Crippen molar-refractivity contribution in [2.24, 2.45) is 0 Å². The van der Waals surface area contributed by atoms with Crippen LogP contribution in [0.2, 0.25) is 0 Å². The Bertz CT molecular complexity index is 764. The van der Waals surface area contributed by atoms with E-state index in [1.165, 1.54) is 0 Å². The topological polar surface area (TPSA) is 69.9 Å². The van der Waals surface area contributed by atoms with E-state index in [4.69, 9.17) is 10.2 Å². The van der Waals surface area contributed by atoms with Gasteiger partial charge in [0.15, 0.2) is 6.29 Å². The molecule has 1 saturated heterocycles. The fraction of sp³-hybridized carbons (Fsp3) is 1.00. The maximum absolute atomic E-state index is 13.7. The number of alkyl halides is 17. The highest BCUT2D eigenvalue weighted by molar-refractivity contribution is 5.15. The molecule has 21 heteroatoms. The van der Waals surface area contributed by atoms with Gasteiger partial charge in [-0.25, -0.2) is 0 Å². The SMILES string of the molecule is O[C@@H]1[C@@H](O)[C@@H](CCC(F)(F)C(F)(F)C(F)(F)C(F)(F)C(F)(F)C(F)(F)C(F)(F)C(F)(F)F)O[C@@H]1O. The van der Waals surface area contributed by atoms with E-state index in [9.17, 15) is 79.7 Å². The Morgan fingerprint density at radius 1 is 0.486 bits per heavy atom. The molecule has 1 fully saturated rings. The van der Waals surface area contributed by atoms with E-state index >= 15 is 0 Å². The number of aliphatic hydroxyl groups is 3. The van der Waals surface area contributed by atoms with E-state index in [-0.39, 0.29) is 0 Å². The van der Waals surface area contributed by atoms with Crippen LogP contribution in [-0.2, 0) is 4.74 Å². The Hall–Kier alpha value is -1.35. The molecule has 0 aliphatic carbocycles. The molecule has 1 rings (SSSR count). The molecule has 0 saturated carbocycles. The lowest BCUT2D eigenvalue weighted by molar-refractivity contribution is -0.461. The molecule has 3 N–H and O–H groups in total. The van der Waals surface area contributed by atoms with Crippen LogP contribution in [0.5, 0.6) is 0 Å². The lowest BCUT2D eigenvalue weighted by Gasteiger charge is -2.43. The number of halogens is 17. The summed E-state index contributed by atoms with van der Waals surface area (Å²) in [6.07, 6.45) is -21.8. The van der Waals surface area contributed by atoms with Crippen LogP contribution in [0, 0.1) is 0 Å². The molecule has 0 aromatic heterocycles. The summed E-state index contributed by atoms with van der Waals surface area (Å²) in [6.45, 7) is 0. The lowest BCUT2D eigenvalue weighted by Crippen LogP contribution is -2.74. The molecular weight excluding hydrogens is 555 g/mol. The molecule has 1 heterocycles. The molecule has 1 aliphatic heterocycles. The standard InChI is InChI=1S/C14H11F17O4/c15-7(16,2-1-3-4(32)5(33)6(34)35-3)8(17,18)9(19,20)10(21,22)11(23,24)12(25,26)13(27,28)14(29,30)31/h3-6,32-34H,1-2H2/t3-,4+,5-,6+/m1/s1. The summed E-state index contributed by atoms with van der Waals surface area (Å²) in [6, 6.07) is 0. The van der Waals surface area contributed by atoms with Crippen LogP contribution in [0.25, 0.3) is 0 Å². The van der Waals surface area contributed by atoms with Crippen molar-refractivity contribution in [3.05, 3.63) is 0 Å². The van der Waals surface area contributed by atoms with Gasteiger partial charge in [-0.05, 0) is 6.42 Å². The summed E-state index contributed by atoms with van der Waals surface area (Å²) < 4.78 is 227. The smallest absolute Gasteiger partial charge is 0.387 e. The first-order chi connectivity index (χ1) is 15.1. The quantitative estimate of drug-likeness (QED) is 0.366. The van der Waals surface area contributed by atoms with Crippen molar-refractivity contribution in [1.82, 2.24) is 0 Å². The Balaban J connectivity index is 3.39. The zero-order chi connectivity index (χ0) is 28.4. The summed E-state index contributed by atoms with van der Waals surface area (Å²) in [5.41, 5.74) is 0. The number of hydrogen-bond donors (Lipinski definition) is 3. The van der Waals surface area contributed by atoms with Gasteiger partial charge in [0.1, 0.15) is 12.2 Å². The number of ether oxygens (including phenoxy) is 1. The molecule has 0 amide bonds. The average molecular weight is 566 g/mol. The van der Waals surface area contributed by atoms with Crippen LogP contribution in [0.3, 0.4) is 0 Å². The predicted octanol–water partition coefficient (Wildman–Crippen LogP) is 4.22. The monoisotopic (exact) mass is 566 g/mol. The fourth-order valence-corrected chi connectivity index (χ4v) is 2.64. The van der Waals surface area contributed by atoms with Crippen molar-refractivity contribution in [1.29, 1.82) is 0 Å². The van der Waals surface area contributed by atoms with Crippen LogP contribution in [0.15, 0.2) is 0 Å². The minimum atomic E-state index is -8.71. The predicted molar refractivity (Wildman–Crippen MR) is 72.8 cm³/mol. The Morgan fingerprint density at radius 3 is 1.14 bits per heavy atom. The molecule has 210 valence electrons. The van der Waals surface area contributed by atoms with E-state index in [2.05, 4.69) is 4.74 Å². The van der Waals surface area contributed by atoms with Crippen molar-refractivity contribution >= 4 is 0 Å². The van der Waals surface area contributed by atoms with E-state index in [0.717, 1.165) is 0 Å². The molecule has 0 unspecified atom stereocenters. The van der Waals surface area contributed by atoms with E-state index in [0.29, 0.717) is 0 Å². The van der Waals surface area contributed by atoms with Gasteiger partial charge < -0.3 is 20.1 Å². The first kappa shape index (κ1) is 31.7. The van der Waals surface area contributed by atoms with Gasteiger partial charge in [0, 0.05) is 6.42 Å². The fourth-order valence-electron chi connectivity index (χ4n) is 2.64. The van der Waals surface area contributed by atoms with Crippen LogP contribution >= 0.6 is 0 Å². The normalized spacial score (nSPS) is 26.4. The summed E-state index contributed by atoms with van der Waals surface area (Å²) in [5.74, 6) is -57.1. The lowest BCUT2D eigenvalue weighted by atomic mass is 9.87. The van der Waals surface area contributed by atoms with Crippen molar-refractivity contribution in [2.75, 3.05) is 0 Å². The maximum Gasteiger partial charge on any atom is 0.460 e. The summed E-state index contributed by atoms with van der Waals surface area (Å²) in [4.78, 5) is 0. The van der Waals surface area contributed by atoms with Gasteiger partial charge >= 0.3 is 47.6 Å². The summed E-state index contributed by atoms with van der Waals surface area (Å²) in [5, 5.41) is 27.3. The van der Waals surface area contributed by atoms with Crippen molar-refractivity contribution in [3.8, 4) is 0 Å². The van der Waals surface area contributed by atoms with Crippen LogP contribution < -0.4 is 0 Å². The highest BCUT2D eigenvalue weighted by Gasteiger charge is 2.95. The van der Waals surface area contributed by atoms with E-state index in [1.54, 1.807) is 0 Å². The van der Waals surface area contributed by atoms with Crippen LogP contribution in [0.1, 0.15) is 12.8 Å². The third-order valence-electron chi connectivity index (χ3n) is 4.87. The first-order valence-electron chi connectivity index (χ1n) is 8.47. The van der Waals surface area contributed by atoms with Gasteiger partial charge in [0.2, 0.25) is 0 Å². The second-order valence-corrected chi connectivity index (χ2v) is 7.23. The van der Waals surface area contributed by atoms with Gasteiger partial charge in [-0.3, -0.25) is 0 Å². The first-order valence-corrected chi connectivity index (χ1v) is 8.47. The van der Waals surface area contributed by atoms with Crippen LogP contribution in [-0.4, -0.2) is 87.6 Å². The Kier molecular flexibility index (Phi) is 7.79. The number of hydrogen-bond acceptors (Lipinski definition) is 4. The molecule has 0 aromatic carbocycles. The second kappa shape index (κ2) is 8.61. The van der Waals surface area contributed by atoms with Crippen LogP contribution in [0.4, 0.5) is 74.6 Å². The molecule has 35 heavy (non-hydrogen) atoms. The second-order valence-electron chi connectivity index (χ2n) is 7.23. The number of aliphatic hydroxyl groups excluding tert-OH is 3. The number of rotatable bonds is 9. The zero-order valence-electron chi connectivity index (χ0n) is 15.9. The molecule has 4 atom stereocenters. The molecule has 0 aromatic rings. The van der Waals surface area contributed by atoms with E-state index in [1.807, 2.05) is 0 Å². The zero-order valence-corrected chi connectivity index (χ0v) is 15.9. The third-order valence-corrected chi connectivity index (χ3v) is 4.87. The molecule has 4 nitrogen and oxygen atoms in total. The van der Waals surface area contributed by atoms with Gasteiger partial charge in [-0.1, -0.05) is 0 Å². The van der Waals surface area contributed by atoms with Gasteiger partial charge in [-0.15, -0.1) is 0 Å². The molecule has 1 aliphatic rings. The Morgan fingerprint density at radius 2 is 0.829 bits per heavy atom. The van der Waals surface area contributed by atoms with Crippen molar-refractivity contribution in [3.63, 3.8) is 0 Å². The average Bonchev–Trinajstić information content (AvgIpc) is 2.91. The molecule has 0 spiro atoms. The van der Waals surface area contributed by atoms with Crippen molar-refractivity contribution < 1.29 is 94.7 Å². The maximum atomic E-state index is 13.7. The highest BCUT2D eigenvalue weighted by Crippen LogP contribution is 2.64. The summed E-state index contributed by atoms with van der Waals surface area (Å²) in [7, 11) is 0. The van der Waals surface area contributed by atoms with Gasteiger partial charge in [-0.2, -0.15) is 74.6 Å². The summed E-state index contributed by atoms with van der Waals surface area (Å²) >= 11 is 0. The third kappa shape index (κ3) is 4.38. The molecule has 0 radical (unpaired) electrons. The van der Waals surface area contributed by atoms with E-state index < -0.39 is 85.1 Å². The molecule has 0 bridgehead atoms. The highest BCUT2D eigenvalue weighted by atomic mass is 19.4. The molecular formula is C14H11F17O4. The Labute approximate surface area is 181 Å². The minimum Gasteiger partial charge on any atom is -0.387 e. The van der Waals surface area contributed by atoms with Gasteiger partial charge in [0.25, 0.3) is 0 Å².